The number of benzene rings is 6. The molecule has 0 unspecified atom stereocenters. The van der Waals surface area contributed by atoms with Gasteiger partial charge in [-0.3, -0.25) is 4.57 Å². The third-order valence-corrected chi connectivity index (χ3v) is 9.49. The first kappa shape index (κ1) is 18.8. The van der Waals surface area contributed by atoms with Gasteiger partial charge < -0.3 is 4.42 Å². The molecule has 0 radical (unpaired) electrons. The molecule has 4 heterocycles. The van der Waals surface area contributed by atoms with Gasteiger partial charge in [0.05, 0.1) is 33.7 Å². The van der Waals surface area contributed by atoms with E-state index in [0.717, 1.165) is 47.4 Å². The summed E-state index contributed by atoms with van der Waals surface area (Å²) in [6.45, 7) is 0. The Morgan fingerprint density at radius 3 is 2.14 bits per heavy atom. The summed E-state index contributed by atoms with van der Waals surface area (Å²) in [5, 5.41) is 7.87. The van der Waals surface area contributed by atoms with Gasteiger partial charge in [-0.05, 0) is 29.0 Å². The monoisotopic (exact) mass is 572 g/mol. The van der Waals surface area contributed by atoms with Crippen LogP contribution in [0.4, 0.5) is 0 Å². The number of thiophene rings is 1. The van der Waals surface area contributed by atoms with E-state index in [1.165, 1.54) is 5.39 Å². The van der Waals surface area contributed by atoms with Gasteiger partial charge in [0.15, 0.2) is 0 Å². The normalized spacial score (nSPS) is 13.8. The smallest absolute Gasteiger partial charge is 0.238 e. The third-order valence-electron chi connectivity index (χ3n) is 8.31. The van der Waals surface area contributed by atoms with Crippen molar-refractivity contribution in [2.75, 3.05) is 0 Å². The standard InChI is InChI=1S/C38H21N3OS/c1-2-12-22(13-3-1)34-33-26-17-7-10-20-29(26)42-37(33)40-38(39-34)41-28-19-9-6-16-25(28)31-23-14-4-5-15-24(23)32-27-18-8-11-21-30(27)43-36(32)35(31)41/h1-21H/i1D,2D,3D,12D,13D. The highest BCUT2D eigenvalue weighted by atomic mass is 32.1. The first-order chi connectivity index (χ1) is 23.4. The fourth-order valence-electron chi connectivity index (χ4n) is 6.60. The van der Waals surface area contributed by atoms with Crippen LogP contribution in [0, 0.1) is 0 Å². The molecule has 10 aromatic rings. The molecular weight excluding hydrogens is 547 g/mol. The molecule has 0 amide bonds. The van der Waals surface area contributed by atoms with E-state index in [1.807, 2.05) is 47.0 Å². The fraction of sp³-hybridized carbons (Fsp3) is 0. The highest BCUT2D eigenvalue weighted by Gasteiger charge is 2.24. The van der Waals surface area contributed by atoms with E-state index < -0.39 is 18.1 Å². The first-order valence-electron chi connectivity index (χ1n) is 16.4. The number of furan rings is 1. The van der Waals surface area contributed by atoms with Crippen molar-refractivity contribution in [1.82, 2.24) is 14.5 Å². The maximum absolute atomic E-state index is 8.91. The summed E-state index contributed by atoms with van der Waals surface area (Å²) in [6, 6.07) is 30.5. The average Bonchev–Trinajstić information content (AvgIpc) is 3.80. The van der Waals surface area contributed by atoms with Crippen molar-refractivity contribution in [3.63, 3.8) is 0 Å². The van der Waals surface area contributed by atoms with Crippen LogP contribution in [-0.2, 0) is 0 Å². The molecule has 0 N–H and O–H groups in total. The molecule has 0 aliphatic carbocycles. The van der Waals surface area contributed by atoms with Crippen molar-refractivity contribution in [2.45, 2.75) is 0 Å². The summed E-state index contributed by atoms with van der Waals surface area (Å²) < 4.78 is 53.6. The van der Waals surface area contributed by atoms with Crippen LogP contribution in [0.3, 0.4) is 0 Å². The number of rotatable bonds is 2. The molecule has 6 aromatic carbocycles. The fourth-order valence-corrected chi connectivity index (χ4v) is 7.85. The molecule has 10 rings (SSSR count). The molecular formula is C38H21N3OS. The largest absolute Gasteiger partial charge is 0.437 e. The average molecular weight is 573 g/mol. The van der Waals surface area contributed by atoms with Gasteiger partial charge in [0, 0.05) is 37.2 Å². The van der Waals surface area contributed by atoms with Crippen LogP contribution >= 0.6 is 11.3 Å². The maximum atomic E-state index is 8.91. The van der Waals surface area contributed by atoms with E-state index >= 15 is 0 Å². The summed E-state index contributed by atoms with van der Waals surface area (Å²) in [4.78, 5) is 10.2. The minimum Gasteiger partial charge on any atom is -0.437 e. The number of nitrogens with zero attached hydrogens (tertiary/aromatic N) is 3. The van der Waals surface area contributed by atoms with Crippen LogP contribution in [0.15, 0.2) is 132 Å². The summed E-state index contributed by atoms with van der Waals surface area (Å²) in [6.07, 6.45) is 0. The quantitative estimate of drug-likeness (QED) is 0.207. The number of aromatic nitrogens is 3. The Morgan fingerprint density at radius 2 is 1.30 bits per heavy atom. The molecule has 5 heteroatoms. The van der Waals surface area contributed by atoms with Crippen molar-refractivity contribution in [3.05, 3.63) is 127 Å². The lowest BCUT2D eigenvalue weighted by atomic mass is 9.99. The van der Waals surface area contributed by atoms with Gasteiger partial charge in [-0.25, -0.2) is 4.98 Å². The second kappa shape index (κ2) is 8.51. The molecule has 0 saturated carbocycles. The number of hydrogen-bond donors (Lipinski definition) is 0. The Labute approximate surface area is 256 Å². The molecule has 0 fully saturated rings. The number of para-hydroxylation sites is 2. The van der Waals surface area contributed by atoms with Crippen LogP contribution in [0.25, 0.3) is 92.0 Å². The zero-order valence-electron chi connectivity index (χ0n) is 27.4. The molecule has 200 valence electrons. The van der Waals surface area contributed by atoms with Crippen LogP contribution in [0.1, 0.15) is 6.85 Å². The van der Waals surface area contributed by atoms with Gasteiger partial charge in [-0.2, -0.15) is 4.98 Å². The van der Waals surface area contributed by atoms with Gasteiger partial charge in [-0.15, -0.1) is 11.3 Å². The van der Waals surface area contributed by atoms with Crippen molar-refractivity contribution in [3.8, 4) is 17.2 Å². The molecule has 0 aliphatic heterocycles. The van der Waals surface area contributed by atoms with E-state index in [0.29, 0.717) is 16.4 Å². The lowest BCUT2D eigenvalue weighted by Gasteiger charge is -2.11. The van der Waals surface area contributed by atoms with Crippen LogP contribution in [-0.4, -0.2) is 14.5 Å². The van der Waals surface area contributed by atoms with Gasteiger partial charge in [-0.1, -0.05) is 109 Å². The Hall–Kier alpha value is -5.52. The second-order valence-electron chi connectivity index (χ2n) is 10.6. The number of hydrogen-bond acceptors (Lipinski definition) is 4. The zero-order valence-corrected chi connectivity index (χ0v) is 23.2. The van der Waals surface area contributed by atoms with Crippen molar-refractivity contribution >= 4 is 86.2 Å². The minimum atomic E-state index is -0.460. The molecule has 0 atom stereocenters. The Bertz CT molecular complexity index is 3000. The lowest BCUT2D eigenvalue weighted by molar-refractivity contribution is 0.651. The topological polar surface area (TPSA) is 43.9 Å². The Morgan fingerprint density at radius 1 is 0.628 bits per heavy atom. The van der Waals surface area contributed by atoms with Crippen molar-refractivity contribution < 1.29 is 11.3 Å². The molecule has 0 bridgehead atoms. The summed E-state index contributed by atoms with van der Waals surface area (Å²) in [7, 11) is 0. The summed E-state index contributed by atoms with van der Waals surface area (Å²) in [5.74, 6) is 0.281. The van der Waals surface area contributed by atoms with Crippen LogP contribution < -0.4 is 0 Å². The predicted octanol–water partition coefficient (Wildman–Crippen LogP) is 10.7. The summed E-state index contributed by atoms with van der Waals surface area (Å²) >= 11 is 1.72. The number of fused-ring (bicyclic) bond motifs is 13. The predicted molar refractivity (Wildman–Crippen MR) is 179 cm³/mol. The molecule has 43 heavy (non-hydrogen) atoms. The third kappa shape index (κ3) is 3.09. The summed E-state index contributed by atoms with van der Waals surface area (Å²) in [5.41, 5.74) is 2.87. The molecule has 0 aliphatic rings. The lowest BCUT2D eigenvalue weighted by Crippen LogP contribution is -2.03. The van der Waals surface area contributed by atoms with E-state index in [9.17, 15) is 0 Å². The maximum Gasteiger partial charge on any atom is 0.238 e. The second-order valence-corrected chi connectivity index (χ2v) is 11.6. The molecule has 0 saturated heterocycles. The zero-order chi connectivity index (χ0) is 32.4. The van der Waals surface area contributed by atoms with Crippen molar-refractivity contribution in [2.24, 2.45) is 0 Å². The van der Waals surface area contributed by atoms with E-state index in [4.69, 9.17) is 21.2 Å². The first-order valence-corrected chi connectivity index (χ1v) is 14.8. The Balaban J connectivity index is 1.45. The molecule has 4 nitrogen and oxygen atoms in total. The van der Waals surface area contributed by atoms with Gasteiger partial charge in [0.25, 0.3) is 0 Å². The molecule has 0 spiro atoms. The minimum absolute atomic E-state index is 0.000529. The Kier molecular flexibility index (Phi) is 3.72. The highest BCUT2D eigenvalue weighted by Crippen LogP contribution is 2.48. The SMILES string of the molecule is [2H]c1c([2H])c([2H])c(-c2nc(-n3c4ccccc4c4c5ccccc5c5c6ccccc6sc5c43)nc3oc4ccccc4c23)c([2H])c1[2H]. The highest BCUT2D eigenvalue weighted by molar-refractivity contribution is 7.27. The van der Waals surface area contributed by atoms with Gasteiger partial charge in [0.2, 0.25) is 11.7 Å². The van der Waals surface area contributed by atoms with E-state index in [1.54, 1.807) is 11.3 Å². The van der Waals surface area contributed by atoms with Gasteiger partial charge in [0.1, 0.15) is 5.58 Å². The van der Waals surface area contributed by atoms with E-state index in [2.05, 4.69) is 54.6 Å². The van der Waals surface area contributed by atoms with Crippen LogP contribution in [0.5, 0.6) is 0 Å². The molecule has 4 aromatic heterocycles. The van der Waals surface area contributed by atoms with E-state index in [-0.39, 0.29) is 35.0 Å². The van der Waals surface area contributed by atoms with Gasteiger partial charge >= 0.3 is 0 Å². The van der Waals surface area contributed by atoms with Crippen LogP contribution in [0.2, 0.25) is 0 Å². The van der Waals surface area contributed by atoms with Crippen molar-refractivity contribution in [1.29, 1.82) is 0 Å².